The molecule has 1 atom stereocenters. The lowest BCUT2D eigenvalue weighted by atomic mass is 10.1. The molecular formula is C16H19N5OS. The number of amides is 1. The number of fused-ring (bicyclic) bond motifs is 1. The molecule has 0 aliphatic carbocycles. The minimum Gasteiger partial charge on any atom is -0.347 e. The Labute approximate surface area is 138 Å². The Balaban J connectivity index is 1.69. The molecule has 1 amide bonds. The van der Waals surface area contributed by atoms with Crippen LogP contribution in [0.15, 0.2) is 36.0 Å². The zero-order chi connectivity index (χ0) is 16.4. The minimum absolute atomic E-state index is 0.137. The summed E-state index contributed by atoms with van der Waals surface area (Å²) in [5, 5.41) is 9.64. The quantitative estimate of drug-likeness (QED) is 0.752. The summed E-state index contributed by atoms with van der Waals surface area (Å²) >= 11 is 1.43. The van der Waals surface area contributed by atoms with Crippen molar-refractivity contribution in [1.29, 1.82) is 0 Å². The molecule has 3 rings (SSSR count). The highest BCUT2D eigenvalue weighted by Crippen LogP contribution is 2.22. The summed E-state index contributed by atoms with van der Waals surface area (Å²) in [6, 6.07) is 5.66. The van der Waals surface area contributed by atoms with Crippen molar-refractivity contribution in [3.8, 4) is 0 Å². The van der Waals surface area contributed by atoms with Crippen molar-refractivity contribution in [2.24, 2.45) is 11.7 Å². The van der Waals surface area contributed by atoms with Crippen molar-refractivity contribution < 1.29 is 4.79 Å². The molecule has 0 fully saturated rings. The average molecular weight is 329 g/mol. The monoisotopic (exact) mass is 329 g/mol. The maximum absolute atomic E-state index is 12.3. The first-order chi connectivity index (χ1) is 11.1. The fourth-order valence-electron chi connectivity index (χ4n) is 2.26. The van der Waals surface area contributed by atoms with Gasteiger partial charge < -0.3 is 11.1 Å². The Bertz CT molecular complexity index is 823. The Morgan fingerprint density at radius 3 is 3.04 bits per heavy atom. The standard InChI is InChI=1S/C16H19N5OS/c1-10(2)14(17)16-20-12(9-23-16)15(22)18-8-11-4-3-7-21-13(11)5-6-19-21/h3-7,9-10,14H,8,17H2,1-2H3,(H,18,22). The van der Waals surface area contributed by atoms with Gasteiger partial charge in [-0.05, 0) is 23.6 Å². The lowest BCUT2D eigenvalue weighted by Crippen LogP contribution is -2.24. The molecule has 0 bridgehead atoms. The molecule has 0 aromatic carbocycles. The molecular weight excluding hydrogens is 310 g/mol. The van der Waals surface area contributed by atoms with Gasteiger partial charge in [0.05, 0.1) is 11.6 Å². The summed E-state index contributed by atoms with van der Waals surface area (Å²) in [5.41, 5.74) is 8.48. The first-order valence-electron chi connectivity index (χ1n) is 7.46. The van der Waals surface area contributed by atoms with Crippen LogP contribution in [0.25, 0.3) is 5.52 Å². The fraction of sp³-hybridized carbons (Fsp3) is 0.312. The van der Waals surface area contributed by atoms with Gasteiger partial charge in [0.25, 0.3) is 5.91 Å². The smallest absolute Gasteiger partial charge is 0.271 e. The van der Waals surface area contributed by atoms with Crippen molar-refractivity contribution in [3.05, 3.63) is 52.2 Å². The van der Waals surface area contributed by atoms with Gasteiger partial charge in [-0.3, -0.25) is 4.79 Å². The predicted molar refractivity (Wildman–Crippen MR) is 90.2 cm³/mol. The van der Waals surface area contributed by atoms with Gasteiger partial charge in [-0.25, -0.2) is 9.50 Å². The van der Waals surface area contributed by atoms with Crippen molar-refractivity contribution >= 4 is 22.8 Å². The number of hydrogen-bond donors (Lipinski definition) is 2. The highest BCUT2D eigenvalue weighted by atomic mass is 32.1. The van der Waals surface area contributed by atoms with Crippen LogP contribution in [0.2, 0.25) is 0 Å². The third kappa shape index (κ3) is 3.25. The summed E-state index contributed by atoms with van der Waals surface area (Å²) in [6.07, 6.45) is 3.61. The molecule has 0 saturated heterocycles. The van der Waals surface area contributed by atoms with Crippen LogP contribution in [0, 0.1) is 5.92 Å². The number of hydrogen-bond acceptors (Lipinski definition) is 5. The number of nitrogens with one attached hydrogen (secondary N) is 1. The summed E-state index contributed by atoms with van der Waals surface area (Å²) in [5.74, 6) is 0.0986. The Hall–Kier alpha value is -2.25. The highest BCUT2D eigenvalue weighted by Gasteiger charge is 2.17. The first-order valence-corrected chi connectivity index (χ1v) is 8.34. The summed E-state index contributed by atoms with van der Waals surface area (Å²) in [4.78, 5) is 16.6. The van der Waals surface area contributed by atoms with E-state index in [-0.39, 0.29) is 17.9 Å². The molecule has 3 N–H and O–H groups in total. The van der Waals surface area contributed by atoms with E-state index in [4.69, 9.17) is 5.73 Å². The van der Waals surface area contributed by atoms with Crippen LogP contribution in [-0.2, 0) is 6.54 Å². The number of nitrogens with two attached hydrogens (primary N) is 1. The van der Waals surface area contributed by atoms with Crippen molar-refractivity contribution in [2.75, 3.05) is 0 Å². The Morgan fingerprint density at radius 1 is 1.43 bits per heavy atom. The lowest BCUT2D eigenvalue weighted by Gasteiger charge is -2.11. The van der Waals surface area contributed by atoms with E-state index in [1.807, 2.05) is 38.2 Å². The molecule has 0 aliphatic heterocycles. The van der Waals surface area contributed by atoms with E-state index in [9.17, 15) is 4.79 Å². The maximum Gasteiger partial charge on any atom is 0.271 e. The molecule has 3 aromatic rings. The molecule has 3 heterocycles. The van der Waals surface area contributed by atoms with E-state index in [0.29, 0.717) is 12.2 Å². The third-order valence-electron chi connectivity index (χ3n) is 3.72. The Kier molecular flexibility index (Phi) is 4.40. The zero-order valence-corrected chi connectivity index (χ0v) is 13.9. The molecule has 7 heteroatoms. The van der Waals surface area contributed by atoms with Crippen LogP contribution in [-0.4, -0.2) is 20.5 Å². The van der Waals surface area contributed by atoms with Crippen molar-refractivity contribution in [2.45, 2.75) is 26.4 Å². The van der Waals surface area contributed by atoms with Crippen LogP contribution in [0.5, 0.6) is 0 Å². The number of rotatable bonds is 5. The molecule has 6 nitrogen and oxygen atoms in total. The summed E-state index contributed by atoms with van der Waals surface area (Å²) in [7, 11) is 0. The molecule has 0 radical (unpaired) electrons. The lowest BCUT2D eigenvalue weighted by molar-refractivity contribution is 0.0946. The van der Waals surface area contributed by atoms with Gasteiger partial charge in [0, 0.05) is 24.3 Å². The molecule has 0 aliphatic rings. The molecule has 1 unspecified atom stereocenters. The predicted octanol–water partition coefficient (Wildman–Crippen LogP) is 2.38. The SMILES string of the molecule is CC(C)C(N)c1nc(C(=O)NCc2cccn3nccc23)cs1. The van der Waals surface area contributed by atoms with E-state index in [0.717, 1.165) is 16.1 Å². The van der Waals surface area contributed by atoms with E-state index >= 15 is 0 Å². The molecule has 0 spiro atoms. The fourth-order valence-corrected chi connectivity index (χ4v) is 3.23. The summed E-state index contributed by atoms with van der Waals surface area (Å²) < 4.78 is 1.78. The zero-order valence-electron chi connectivity index (χ0n) is 13.1. The van der Waals surface area contributed by atoms with Gasteiger partial charge in [0.15, 0.2) is 0 Å². The van der Waals surface area contributed by atoms with Gasteiger partial charge in [-0.15, -0.1) is 11.3 Å². The van der Waals surface area contributed by atoms with Crippen LogP contribution in [0.4, 0.5) is 0 Å². The van der Waals surface area contributed by atoms with Crippen LogP contribution in [0.1, 0.15) is 40.9 Å². The van der Waals surface area contributed by atoms with Gasteiger partial charge in [0.1, 0.15) is 10.7 Å². The minimum atomic E-state index is -0.190. The van der Waals surface area contributed by atoms with E-state index in [1.54, 1.807) is 16.1 Å². The second-order valence-electron chi connectivity index (χ2n) is 5.72. The largest absolute Gasteiger partial charge is 0.347 e. The number of carbonyl (C=O) groups excluding carboxylic acids is 1. The number of carbonyl (C=O) groups is 1. The van der Waals surface area contributed by atoms with E-state index in [2.05, 4.69) is 15.4 Å². The normalized spacial score (nSPS) is 12.7. The van der Waals surface area contributed by atoms with E-state index in [1.165, 1.54) is 11.3 Å². The van der Waals surface area contributed by atoms with Gasteiger partial charge in [-0.2, -0.15) is 5.10 Å². The molecule has 0 saturated carbocycles. The first kappa shape index (κ1) is 15.6. The van der Waals surface area contributed by atoms with Crippen molar-refractivity contribution in [1.82, 2.24) is 19.9 Å². The number of aromatic nitrogens is 3. The van der Waals surface area contributed by atoms with Crippen molar-refractivity contribution in [3.63, 3.8) is 0 Å². The average Bonchev–Trinajstić information content (AvgIpc) is 3.20. The Morgan fingerprint density at radius 2 is 2.26 bits per heavy atom. The molecule has 23 heavy (non-hydrogen) atoms. The van der Waals surface area contributed by atoms with Crippen LogP contribution >= 0.6 is 11.3 Å². The van der Waals surface area contributed by atoms with Gasteiger partial charge in [-0.1, -0.05) is 19.9 Å². The second kappa shape index (κ2) is 6.47. The van der Waals surface area contributed by atoms with Crippen LogP contribution in [0.3, 0.4) is 0 Å². The maximum atomic E-state index is 12.3. The van der Waals surface area contributed by atoms with E-state index < -0.39 is 0 Å². The molecule has 120 valence electrons. The number of pyridine rings is 1. The number of thiazole rings is 1. The highest BCUT2D eigenvalue weighted by molar-refractivity contribution is 7.09. The summed E-state index contributed by atoms with van der Waals surface area (Å²) in [6.45, 7) is 4.51. The number of nitrogens with zero attached hydrogens (tertiary/aromatic N) is 3. The second-order valence-corrected chi connectivity index (χ2v) is 6.61. The van der Waals surface area contributed by atoms with Crippen LogP contribution < -0.4 is 11.1 Å². The van der Waals surface area contributed by atoms with Gasteiger partial charge >= 0.3 is 0 Å². The third-order valence-corrected chi connectivity index (χ3v) is 4.67. The topological polar surface area (TPSA) is 85.3 Å². The van der Waals surface area contributed by atoms with Gasteiger partial charge in [0.2, 0.25) is 0 Å². The molecule has 3 aromatic heterocycles.